The molecule has 0 spiro atoms. The molecule has 1 aromatic heterocycles. The van der Waals surface area contributed by atoms with Crippen molar-refractivity contribution in [2.45, 2.75) is 12.7 Å². The Morgan fingerprint density at radius 3 is 2.74 bits per heavy atom. The molecule has 0 aliphatic rings. The third-order valence-electron chi connectivity index (χ3n) is 2.57. The van der Waals surface area contributed by atoms with Gasteiger partial charge in [0.2, 0.25) is 10.0 Å². The second-order valence-electron chi connectivity index (χ2n) is 4.28. The predicted octanol–water partition coefficient (Wildman–Crippen LogP) is 1.91. The maximum absolute atomic E-state index is 12.0. The van der Waals surface area contributed by atoms with Gasteiger partial charge >= 0.3 is 0 Å². The standard InChI is InChI=1S/C13H15N3O2S/c1-10-4-3-7-15-13(10)16-19(17,18)9-11-5-2-6-12(14)8-11/h2-8H,9,14H2,1H3,(H,15,16). The van der Waals surface area contributed by atoms with E-state index in [4.69, 9.17) is 5.73 Å². The molecule has 0 saturated heterocycles. The topological polar surface area (TPSA) is 85.1 Å². The molecule has 5 nitrogen and oxygen atoms in total. The Hall–Kier alpha value is -2.08. The number of nitrogens with one attached hydrogen (secondary N) is 1. The quantitative estimate of drug-likeness (QED) is 0.836. The molecular formula is C13H15N3O2S. The van der Waals surface area contributed by atoms with E-state index < -0.39 is 10.0 Å². The summed E-state index contributed by atoms with van der Waals surface area (Å²) in [4.78, 5) is 4.01. The van der Waals surface area contributed by atoms with Gasteiger partial charge in [-0.3, -0.25) is 4.72 Å². The minimum atomic E-state index is -3.49. The van der Waals surface area contributed by atoms with Gasteiger partial charge in [-0.05, 0) is 36.2 Å². The zero-order chi connectivity index (χ0) is 13.9. The number of hydrogen-bond acceptors (Lipinski definition) is 4. The van der Waals surface area contributed by atoms with Gasteiger partial charge in [-0.1, -0.05) is 18.2 Å². The monoisotopic (exact) mass is 277 g/mol. The molecule has 0 fully saturated rings. The minimum absolute atomic E-state index is 0.131. The van der Waals surface area contributed by atoms with Gasteiger partial charge in [0, 0.05) is 11.9 Å². The summed E-state index contributed by atoms with van der Waals surface area (Å²) in [5, 5.41) is 0. The fourth-order valence-corrected chi connectivity index (χ4v) is 2.88. The van der Waals surface area contributed by atoms with Crippen molar-refractivity contribution >= 4 is 21.5 Å². The van der Waals surface area contributed by atoms with Crippen LogP contribution in [-0.4, -0.2) is 13.4 Å². The van der Waals surface area contributed by atoms with Crippen LogP contribution in [0.25, 0.3) is 0 Å². The van der Waals surface area contributed by atoms with E-state index in [1.54, 1.807) is 49.5 Å². The molecule has 0 bridgehead atoms. The highest BCUT2D eigenvalue weighted by Crippen LogP contribution is 2.15. The molecule has 0 amide bonds. The number of nitrogen functional groups attached to an aromatic ring is 1. The second-order valence-corrected chi connectivity index (χ2v) is 6.00. The van der Waals surface area contributed by atoms with Crippen LogP contribution in [0.3, 0.4) is 0 Å². The lowest BCUT2D eigenvalue weighted by molar-refractivity contribution is 0.600. The lowest BCUT2D eigenvalue weighted by Crippen LogP contribution is -2.16. The molecule has 0 atom stereocenters. The number of aromatic nitrogens is 1. The molecule has 0 saturated carbocycles. The van der Waals surface area contributed by atoms with E-state index in [1.165, 1.54) is 0 Å². The summed E-state index contributed by atoms with van der Waals surface area (Å²) in [5.74, 6) is 0.222. The Labute approximate surface area is 112 Å². The van der Waals surface area contributed by atoms with Crippen molar-refractivity contribution in [1.82, 2.24) is 4.98 Å². The zero-order valence-electron chi connectivity index (χ0n) is 10.5. The van der Waals surface area contributed by atoms with Crippen molar-refractivity contribution in [3.63, 3.8) is 0 Å². The van der Waals surface area contributed by atoms with Crippen LogP contribution >= 0.6 is 0 Å². The van der Waals surface area contributed by atoms with Crippen molar-refractivity contribution in [3.05, 3.63) is 53.7 Å². The number of rotatable bonds is 4. The molecule has 2 rings (SSSR count). The smallest absolute Gasteiger partial charge is 0.238 e. The SMILES string of the molecule is Cc1cccnc1NS(=O)(=O)Cc1cccc(N)c1. The van der Waals surface area contributed by atoms with Crippen molar-refractivity contribution in [1.29, 1.82) is 0 Å². The molecule has 0 aliphatic carbocycles. The molecule has 3 N–H and O–H groups in total. The fourth-order valence-electron chi connectivity index (χ4n) is 1.68. The number of benzene rings is 1. The van der Waals surface area contributed by atoms with E-state index in [1.807, 2.05) is 0 Å². The van der Waals surface area contributed by atoms with Crippen LogP contribution in [0.2, 0.25) is 0 Å². The summed E-state index contributed by atoms with van der Waals surface area (Å²) >= 11 is 0. The Kier molecular flexibility index (Phi) is 3.71. The van der Waals surface area contributed by atoms with E-state index in [9.17, 15) is 8.42 Å². The average molecular weight is 277 g/mol. The van der Waals surface area contributed by atoms with Gasteiger partial charge in [-0.25, -0.2) is 13.4 Å². The largest absolute Gasteiger partial charge is 0.399 e. The first kappa shape index (κ1) is 13.4. The van der Waals surface area contributed by atoms with Gasteiger partial charge in [0.05, 0.1) is 5.75 Å². The summed E-state index contributed by atoms with van der Waals surface area (Å²) in [5.41, 5.74) is 7.59. The van der Waals surface area contributed by atoms with Gasteiger partial charge in [0.1, 0.15) is 5.82 Å². The number of pyridine rings is 1. The predicted molar refractivity (Wildman–Crippen MR) is 76.1 cm³/mol. The zero-order valence-corrected chi connectivity index (χ0v) is 11.3. The summed E-state index contributed by atoms with van der Waals surface area (Å²) in [6.45, 7) is 1.80. The van der Waals surface area contributed by atoms with E-state index >= 15 is 0 Å². The first-order chi connectivity index (χ1) is 8.96. The van der Waals surface area contributed by atoms with Gasteiger partial charge in [0.25, 0.3) is 0 Å². The molecule has 1 heterocycles. The van der Waals surface area contributed by atoms with Crippen molar-refractivity contribution in [3.8, 4) is 0 Å². The average Bonchev–Trinajstić information content (AvgIpc) is 2.31. The molecule has 2 aromatic rings. The Morgan fingerprint density at radius 2 is 2.05 bits per heavy atom. The highest BCUT2D eigenvalue weighted by molar-refractivity contribution is 7.91. The second kappa shape index (κ2) is 5.27. The van der Waals surface area contributed by atoms with Crippen LogP contribution in [0, 0.1) is 6.92 Å². The third-order valence-corrected chi connectivity index (χ3v) is 3.79. The molecular weight excluding hydrogens is 262 g/mol. The Bertz CT molecular complexity index is 684. The number of nitrogens with two attached hydrogens (primary N) is 1. The molecule has 0 radical (unpaired) electrons. The number of hydrogen-bond donors (Lipinski definition) is 2. The molecule has 0 aliphatic heterocycles. The van der Waals surface area contributed by atoms with E-state index in [0.29, 0.717) is 17.1 Å². The lowest BCUT2D eigenvalue weighted by Gasteiger charge is -2.09. The third kappa shape index (κ3) is 3.69. The summed E-state index contributed by atoms with van der Waals surface area (Å²) in [6.07, 6.45) is 1.55. The first-order valence-electron chi connectivity index (χ1n) is 5.73. The highest BCUT2D eigenvalue weighted by Gasteiger charge is 2.13. The number of nitrogens with zero attached hydrogens (tertiary/aromatic N) is 1. The maximum Gasteiger partial charge on any atom is 0.238 e. The normalized spacial score (nSPS) is 11.2. The van der Waals surface area contributed by atoms with Crippen molar-refractivity contribution in [2.24, 2.45) is 0 Å². The van der Waals surface area contributed by atoms with Gasteiger partial charge in [-0.15, -0.1) is 0 Å². The van der Waals surface area contributed by atoms with Crippen molar-refractivity contribution < 1.29 is 8.42 Å². The maximum atomic E-state index is 12.0. The van der Waals surface area contributed by atoms with Crippen LogP contribution in [-0.2, 0) is 15.8 Å². The number of aryl methyl sites for hydroxylation is 1. The van der Waals surface area contributed by atoms with Gasteiger partial charge in [-0.2, -0.15) is 0 Å². The van der Waals surface area contributed by atoms with E-state index in [0.717, 1.165) is 5.56 Å². The minimum Gasteiger partial charge on any atom is -0.399 e. The fraction of sp³-hybridized carbons (Fsp3) is 0.154. The van der Waals surface area contributed by atoms with Crippen molar-refractivity contribution in [2.75, 3.05) is 10.5 Å². The van der Waals surface area contributed by atoms with Gasteiger partial charge < -0.3 is 5.73 Å². The lowest BCUT2D eigenvalue weighted by atomic mass is 10.2. The number of sulfonamides is 1. The highest BCUT2D eigenvalue weighted by atomic mass is 32.2. The summed E-state index contributed by atoms with van der Waals surface area (Å²) in [7, 11) is -3.49. The summed E-state index contributed by atoms with van der Waals surface area (Å²) < 4.78 is 26.6. The van der Waals surface area contributed by atoms with Crippen LogP contribution in [0.4, 0.5) is 11.5 Å². The molecule has 0 unspecified atom stereocenters. The Balaban J connectivity index is 2.18. The van der Waals surface area contributed by atoms with Crippen LogP contribution in [0.1, 0.15) is 11.1 Å². The van der Waals surface area contributed by atoms with Crippen LogP contribution in [0.15, 0.2) is 42.6 Å². The summed E-state index contributed by atoms with van der Waals surface area (Å²) in [6, 6.07) is 10.4. The van der Waals surface area contributed by atoms with Crippen LogP contribution < -0.4 is 10.5 Å². The molecule has 100 valence electrons. The van der Waals surface area contributed by atoms with E-state index in [-0.39, 0.29) is 5.75 Å². The molecule has 1 aromatic carbocycles. The first-order valence-corrected chi connectivity index (χ1v) is 7.38. The molecule has 6 heteroatoms. The van der Waals surface area contributed by atoms with E-state index in [2.05, 4.69) is 9.71 Å². The Morgan fingerprint density at radius 1 is 1.26 bits per heavy atom. The number of anilines is 2. The molecule has 19 heavy (non-hydrogen) atoms. The van der Waals surface area contributed by atoms with Crippen LogP contribution in [0.5, 0.6) is 0 Å². The van der Waals surface area contributed by atoms with Gasteiger partial charge in [0.15, 0.2) is 0 Å².